The van der Waals surface area contributed by atoms with Gasteiger partial charge >= 0.3 is 0 Å². The van der Waals surface area contributed by atoms with E-state index < -0.39 is 0 Å². The lowest BCUT2D eigenvalue weighted by molar-refractivity contribution is -0.114. The van der Waals surface area contributed by atoms with Crippen molar-refractivity contribution in [1.82, 2.24) is 4.98 Å². The number of benzene rings is 2. The van der Waals surface area contributed by atoms with Gasteiger partial charge in [-0.25, -0.2) is 4.98 Å². The maximum Gasteiger partial charge on any atom is 0.221 e. The molecule has 0 bridgehead atoms. The van der Waals surface area contributed by atoms with Gasteiger partial charge in [-0.3, -0.25) is 4.79 Å². The highest BCUT2D eigenvalue weighted by Gasteiger charge is 2.10. The standard InChI is InChI=1S/C21H23N3O4S/c1-13(25)23-16-11-15(5-6-18(16)26)17-12-29-21(24-17)22-9-8-14-4-7-19(27-2)20(10-14)28-3/h4-7,10-12,26H,8-9H2,1-3H3,(H,22,24)(H,23,25). The molecule has 1 aromatic heterocycles. The van der Waals surface area contributed by atoms with Crippen molar-refractivity contribution in [3.8, 4) is 28.5 Å². The van der Waals surface area contributed by atoms with E-state index in [0.717, 1.165) is 34.9 Å². The molecule has 1 heterocycles. The molecule has 8 heteroatoms. The van der Waals surface area contributed by atoms with Gasteiger partial charge in [-0.2, -0.15) is 0 Å². The van der Waals surface area contributed by atoms with Gasteiger partial charge in [0.05, 0.1) is 25.6 Å². The average molecular weight is 413 g/mol. The third kappa shape index (κ3) is 5.17. The summed E-state index contributed by atoms with van der Waals surface area (Å²) in [6, 6.07) is 10.9. The number of nitrogens with zero attached hydrogens (tertiary/aromatic N) is 1. The van der Waals surface area contributed by atoms with Crippen molar-refractivity contribution in [2.24, 2.45) is 0 Å². The molecule has 2 aromatic carbocycles. The quantitative estimate of drug-likeness (QED) is 0.481. The molecular weight excluding hydrogens is 390 g/mol. The maximum absolute atomic E-state index is 11.3. The predicted molar refractivity (Wildman–Crippen MR) is 115 cm³/mol. The summed E-state index contributed by atoms with van der Waals surface area (Å²) in [4.78, 5) is 15.9. The molecule has 152 valence electrons. The SMILES string of the molecule is COc1ccc(CCNc2nc(-c3ccc(O)c(NC(C)=O)c3)cs2)cc1OC. The van der Waals surface area contributed by atoms with E-state index in [4.69, 9.17) is 9.47 Å². The minimum atomic E-state index is -0.242. The molecule has 0 saturated carbocycles. The van der Waals surface area contributed by atoms with Crippen LogP contribution in [0.4, 0.5) is 10.8 Å². The second-order valence-electron chi connectivity index (χ2n) is 6.32. The van der Waals surface area contributed by atoms with Crippen molar-refractivity contribution in [2.45, 2.75) is 13.3 Å². The lowest BCUT2D eigenvalue weighted by Gasteiger charge is -2.09. The number of phenolic OH excluding ortho intramolecular Hbond substituents is 1. The van der Waals surface area contributed by atoms with Crippen molar-refractivity contribution in [1.29, 1.82) is 0 Å². The summed E-state index contributed by atoms with van der Waals surface area (Å²) in [5.74, 6) is 1.20. The molecule has 0 radical (unpaired) electrons. The highest BCUT2D eigenvalue weighted by Crippen LogP contribution is 2.32. The van der Waals surface area contributed by atoms with E-state index >= 15 is 0 Å². The summed E-state index contributed by atoms with van der Waals surface area (Å²) in [6.07, 6.45) is 0.807. The van der Waals surface area contributed by atoms with E-state index in [1.165, 1.54) is 18.3 Å². The van der Waals surface area contributed by atoms with Crippen LogP contribution in [-0.4, -0.2) is 36.8 Å². The van der Waals surface area contributed by atoms with Crippen LogP contribution in [0.15, 0.2) is 41.8 Å². The molecule has 0 atom stereocenters. The summed E-state index contributed by atoms with van der Waals surface area (Å²) in [6.45, 7) is 2.12. The third-order valence-corrected chi connectivity index (χ3v) is 5.05. The molecule has 29 heavy (non-hydrogen) atoms. The van der Waals surface area contributed by atoms with Crippen LogP contribution in [0, 0.1) is 0 Å². The van der Waals surface area contributed by atoms with Crippen LogP contribution in [0.3, 0.4) is 0 Å². The molecule has 0 fully saturated rings. The number of aromatic nitrogens is 1. The van der Waals surface area contributed by atoms with Crippen molar-refractivity contribution >= 4 is 28.1 Å². The zero-order chi connectivity index (χ0) is 20.8. The van der Waals surface area contributed by atoms with E-state index in [-0.39, 0.29) is 11.7 Å². The number of hydrogen-bond donors (Lipinski definition) is 3. The van der Waals surface area contributed by atoms with E-state index in [2.05, 4.69) is 15.6 Å². The van der Waals surface area contributed by atoms with Crippen LogP contribution in [0.25, 0.3) is 11.3 Å². The molecule has 0 aliphatic heterocycles. The number of carbonyl (C=O) groups is 1. The van der Waals surface area contributed by atoms with Crippen LogP contribution in [0.5, 0.6) is 17.2 Å². The Morgan fingerprint density at radius 1 is 1.14 bits per heavy atom. The molecule has 3 N–H and O–H groups in total. The normalized spacial score (nSPS) is 10.4. The molecule has 0 aliphatic carbocycles. The number of phenols is 1. The van der Waals surface area contributed by atoms with Gasteiger partial charge in [0.15, 0.2) is 16.6 Å². The summed E-state index contributed by atoms with van der Waals surface area (Å²) in [5.41, 5.74) is 3.09. The van der Waals surface area contributed by atoms with E-state index in [1.54, 1.807) is 32.4 Å². The Hall–Kier alpha value is -3.26. The minimum Gasteiger partial charge on any atom is -0.506 e. The van der Waals surface area contributed by atoms with Gasteiger partial charge in [-0.05, 0) is 42.3 Å². The molecule has 7 nitrogen and oxygen atoms in total. The Bertz CT molecular complexity index is 1000. The molecule has 0 aliphatic rings. The Balaban J connectivity index is 1.63. The number of nitrogens with one attached hydrogen (secondary N) is 2. The van der Waals surface area contributed by atoms with Crippen LogP contribution in [-0.2, 0) is 11.2 Å². The smallest absolute Gasteiger partial charge is 0.221 e. The van der Waals surface area contributed by atoms with Gasteiger partial charge in [0.1, 0.15) is 5.75 Å². The second-order valence-corrected chi connectivity index (χ2v) is 7.18. The Kier molecular flexibility index (Phi) is 6.56. The van der Waals surface area contributed by atoms with Gasteiger partial charge in [-0.15, -0.1) is 11.3 Å². The molecule has 0 saturated heterocycles. The average Bonchev–Trinajstić information content (AvgIpc) is 3.18. The largest absolute Gasteiger partial charge is 0.506 e. The van der Waals surface area contributed by atoms with Gasteiger partial charge in [0, 0.05) is 24.4 Å². The fraction of sp³-hybridized carbons (Fsp3) is 0.238. The van der Waals surface area contributed by atoms with Gasteiger partial charge in [-0.1, -0.05) is 6.07 Å². The zero-order valence-corrected chi connectivity index (χ0v) is 17.3. The van der Waals surface area contributed by atoms with Crippen molar-refractivity contribution in [2.75, 3.05) is 31.4 Å². The molecule has 1 amide bonds. The first-order valence-electron chi connectivity index (χ1n) is 9.01. The number of methoxy groups -OCH3 is 2. The highest BCUT2D eigenvalue weighted by atomic mass is 32.1. The monoisotopic (exact) mass is 413 g/mol. The number of anilines is 2. The fourth-order valence-electron chi connectivity index (χ4n) is 2.82. The van der Waals surface area contributed by atoms with Crippen molar-refractivity contribution in [3.63, 3.8) is 0 Å². The van der Waals surface area contributed by atoms with Crippen molar-refractivity contribution < 1.29 is 19.4 Å². The second kappa shape index (κ2) is 9.29. The first kappa shape index (κ1) is 20.5. The molecular formula is C21H23N3O4S. The van der Waals surface area contributed by atoms with Crippen molar-refractivity contribution in [3.05, 3.63) is 47.3 Å². The Morgan fingerprint density at radius 3 is 2.66 bits per heavy atom. The maximum atomic E-state index is 11.3. The number of carbonyl (C=O) groups excluding carboxylic acids is 1. The number of rotatable bonds is 8. The predicted octanol–water partition coefficient (Wildman–Crippen LogP) is 4.15. The van der Waals surface area contributed by atoms with E-state index in [0.29, 0.717) is 17.2 Å². The first-order valence-corrected chi connectivity index (χ1v) is 9.89. The van der Waals surface area contributed by atoms with E-state index in [1.807, 2.05) is 23.6 Å². The van der Waals surface area contributed by atoms with Crippen LogP contribution >= 0.6 is 11.3 Å². The number of hydrogen-bond acceptors (Lipinski definition) is 7. The molecule has 3 aromatic rings. The minimum absolute atomic E-state index is 0.0208. The molecule has 3 rings (SSSR count). The number of aromatic hydroxyl groups is 1. The third-order valence-electron chi connectivity index (χ3n) is 4.25. The Morgan fingerprint density at radius 2 is 1.93 bits per heavy atom. The van der Waals surface area contributed by atoms with Crippen LogP contribution < -0.4 is 20.1 Å². The number of ether oxygens (including phenoxy) is 2. The molecule has 0 spiro atoms. The van der Waals surface area contributed by atoms with Gasteiger partial charge < -0.3 is 25.2 Å². The highest BCUT2D eigenvalue weighted by molar-refractivity contribution is 7.14. The van der Waals surface area contributed by atoms with Gasteiger partial charge in [0.2, 0.25) is 5.91 Å². The first-order chi connectivity index (χ1) is 14.0. The lowest BCUT2D eigenvalue weighted by Crippen LogP contribution is -2.06. The van der Waals surface area contributed by atoms with Crippen LogP contribution in [0.1, 0.15) is 12.5 Å². The zero-order valence-electron chi connectivity index (χ0n) is 16.5. The number of thiazole rings is 1. The van der Waals surface area contributed by atoms with Gasteiger partial charge in [0.25, 0.3) is 0 Å². The summed E-state index contributed by atoms with van der Waals surface area (Å²) < 4.78 is 10.6. The number of amides is 1. The van der Waals surface area contributed by atoms with Crippen LogP contribution in [0.2, 0.25) is 0 Å². The molecule has 0 unspecified atom stereocenters. The lowest BCUT2D eigenvalue weighted by atomic mass is 10.1. The summed E-state index contributed by atoms with van der Waals surface area (Å²) in [7, 11) is 3.24. The summed E-state index contributed by atoms with van der Waals surface area (Å²) >= 11 is 1.50. The fourth-order valence-corrected chi connectivity index (χ4v) is 3.57. The Labute approximate surface area is 173 Å². The summed E-state index contributed by atoms with van der Waals surface area (Å²) in [5, 5.41) is 18.5. The van der Waals surface area contributed by atoms with E-state index in [9.17, 15) is 9.90 Å². The topological polar surface area (TPSA) is 92.7 Å².